The average molecular weight is 464 g/mol. The van der Waals surface area contributed by atoms with Gasteiger partial charge in [-0.2, -0.15) is 0 Å². The monoisotopic (exact) mass is 463 g/mol. The van der Waals surface area contributed by atoms with Gasteiger partial charge in [-0.25, -0.2) is 14.6 Å². The van der Waals surface area contributed by atoms with Crippen LogP contribution in [0.1, 0.15) is 20.8 Å². The van der Waals surface area contributed by atoms with E-state index in [1.54, 1.807) is 24.0 Å². The van der Waals surface area contributed by atoms with Crippen LogP contribution in [0.25, 0.3) is 10.9 Å². The van der Waals surface area contributed by atoms with Crippen molar-refractivity contribution in [1.29, 1.82) is 0 Å². The number of carbonyl (C=O) groups excluding carboxylic acids is 2. The molecular weight excluding hydrogens is 430 g/mol. The lowest BCUT2D eigenvalue weighted by atomic mass is 10.1. The van der Waals surface area contributed by atoms with Crippen LogP contribution in [0.4, 0.5) is 26.8 Å². The molecule has 1 fully saturated rings. The van der Waals surface area contributed by atoms with Gasteiger partial charge in [0.05, 0.1) is 5.52 Å². The number of carbonyl (C=O) groups is 2. The summed E-state index contributed by atoms with van der Waals surface area (Å²) in [7, 11) is 3.57. The van der Waals surface area contributed by atoms with E-state index in [1.165, 1.54) is 0 Å². The summed E-state index contributed by atoms with van der Waals surface area (Å²) in [6.07, 6.45) is 3.45. The average Bonchev–Trinajstić information content (AvgIpc) is 3.26. The number of anilines is 3. The summed E-state index contributed by atoms with van der Waals surface area (Å²) < 4.78 is 1.58. The second-order valence-corrected chi connectivity index (χ2v) is 9.52. The Morgan fingerprint density at radius 2 is 1.68 bits per heavy atom. The molecule has 0 radical (unpaired) electrons. The second-order valence-electron chi connectivity index (χ2n) is 9.52. The SMILES string of the molecule is CNC(=O)n1ccc2cc(N(C)c3ccnc(NC(=O)N4CCN(C(C)(C)C)CC4)c3)ccc21. The number of hydrogen-bond donors (Lipinski definition) is 2. The minimum Gasteiger partial charge on any atom is -0.344 e. The number of nitrogens with one attached hydrogen (secondary N) is 2. The molecule has 1 aromatic carbocycles. The van der Waals surface area contributed by atoms with Crippen molar-refractivity contribution >= 4 is 40.2 Å². The molecule has 0 saturated carbocycles. The third kappa shape index (κ3) is 4.84. The van der Waals surface area contributed by atoms with Gasteiger partial charge in [0.25, 0.3) is 0 Å². The molecule has 3 aromatic rings. The van der Waals surface area contributed by atoms with Gasteiger partial charge in [-0.05, 0) is 51.1 Å². The first kappa shape index (κ1) is 23.6. The first-order valence-corrected chi connectivity index (χ1v) is 11.5. The van der Waals surface area contributed by atoms with Crippen molar-refractivity contribution < 1.29 is 9.59 Å². The van der Waals surface area contributed by atoms with Gasteiger partial charge < -0.3 is 15.1 Å². The highest BCUT2D eigenvalue weighted by atomic mass is 16.2. The van der Waals surface area contributed by atoms with Crippen LogP contribution in [0.3, 0.4) is 0 Å². The van der Waals surface area contributed by atoms with Gasteiger partial charge in [0.2, 0.25) is 0 Å². The molecule has 1 aliphatic heterocycles. The number of amides is 3. The molecule has 1 saturated heterocycles. The summed E-state index contributed by atoms with van der Waals surface area (Å²) in [4.78, 5) is 35.4. The Bertz CT molecular complexity index is 1190. The highest BCUT2D eigenvalue weighted by Crippen LogP contribution is 2.28. The zero-order valence-electron chi connectivity index (χ0n) is 20.5. The summed E-state index contributed by atoms with van der Waals surface area (Å²) in [6, 6.07) is 11.3. The van der Waals surface area contributed by atoms with Crippen molar-refractivity contribution in [2.75, 3.05) is 50.5 Å². The molecule has 3 amide bonds. The Labute approximate surface area is 200 Å². The normalized spacial score (nSPS) is 14.8. The van der Waals surface area contributed by atoms with E-state index in [1.807, 2.05) is 53.2 Å². The first-order chi connectivity index (χ1) is 16.2. The maximum Gasteiger partial charge on any atom is 0.325 e. The van der Waals surface area contributed by atoms with Gasteiger partial charge >= 0.3 is 12.1 Å². The summed E-state index contributed by atoms with van der Waals surface area (Å²) >= 11 is 0. The van der Waals surface area contributed by atoms with Crippen LogP contribution in [-0.4, -0.2) is 77.2 Å². The van der Waals surface area contributed by atoms with Crippen molar-refractivity contribution in [3.05, 3.63) is 48.8 Å². The minimum absolute atomic E-state index is 0.108. The largest absolute Gasteiger partial charge is 0.344 e. The van der Waals surface area contributed by atoms with Crippen LogP contribution in [0.2, 0.25) is 0 Å². The molecule has 0 aliphatic carbocycles. The number of aromatic nitrogens is 2. The van der Waals surface area contributed by atoms with Gasteiger partial charge in [-0.15, -0.1) is 0 Å². The van der Waals surface area contributed by atoms with E-state index in [4.69, 9.17) is 0 Å². The standard InChI is InChI=1S/C25H33N7O2/c1-25(2,3)31-14-12-30(13-15-31)24(34)28-22-17-20(8-10-27-22)29(5)19-6-7-21-18(16-19)9-11-32(21)23(33)26-4/h6-11,16-17H,12-15H2,1-5H3,(H,26,33)(H,27,28,34). The Balaban J connectivity index is 1.45. The zero-order chi connectivity index (χ0) is 24.5. The number of rotatable bonds is 3. The third-order valence-electron chi connectivity index (χ3n) is 6.38. The van der Waals surface area contributed by atoms with E-state index in [0.717, 1.165) is 35.4 Å². The fourth-order valence-corrected chi connectivity index (χ4v) is 4.25. The molecule has 180 valence electrons. The Hall–Kier alpha value is -3.59. The molecule has 34 heavy (non-hydrogen) atoms. The Morgan fingerprint density at radius 3 is 2.35 bits per heavy atom. The van der Waals surface area contributed by atoms with Gasteiger partial charge in [-0.1, -0.05) is 0 Å². The smallest absolute Gasteiger partial charge is 0.325 e. The van der Waals surface area contributed by atoms with Crippen molar-refractivity contribution in [3.8, 4) is 0 Å². The number of fused-ring (bicyclic) bond motifs is 1. The van der Waals surface area contributed by atoms with Crippen LogP contribution in [0.5, 0.6) is 0 Å². The summed E-state index contributed by atoms with van der Waals surface area (Å²) in [5, 5.41) is 6.55. The molecule has 1 aliphatic rings. The molecular formula is C25H33N7O2. The fourth-order valence-electron chi connectivity index (χ4n) is 4.25. The van der Waals surface area contributed by atoms with Crippen LogP contribution in [0, 0.1) is 0 Å². The van der Waals surface area contributed by atoms with Crippen molar-refractivity contribution in [2.45, 2.75) is 26.3 Å². The first-order valence-electron chi connectivity index (χ1n) is 11.5. The maximum atomic E-state index is 12.8. The summed E-state index contributed by atoms with van der Waals surface area (Å²) in [5.41, 5.74) is 2.81. The van der Waals surface area contributed by atoms with Gasteiger partial charge in [-0.3, -0.25) is 14.8 Å². The molecule has 2 N–H and O–H groups in total. The second kappa shape index (κ2) is 9.34. The highest BCUT2D eigenvalue weighted by Gasteiger charge is 2.28. The molecule has 9 nitrogen and oxygen atoms in total. The summed E-state index contributed by atoms with van der Waals surface area (Å²) in [5.74, 6) is 0.513. The number of urea groups is 1. The van der Waals surface area contributed by atoms with Crippen LogP contribution in [-0.2, 0) is 0 Å². The van der Waals surface area contributed by atoms with Gasteiger partial charge in [0.1, 0.15) is 5.82 Å². The molecule has 0 spiro atoms. The number of piperazine rings is 1. The predicted octanol–water partition coefficient (Wildman–Crippen LogP) is 3.94. The lowest BCUT2D eigenvalue weighted by Crippen LogP contribution is -2.55. The number of nitrogens with zero attached hydrogens (tertiary/aromatic N) is 5. The molecule has 0 atom stereocenters. The zero-order valence-corrected chi connectivity index (χ0v) is 20.5. The predicted molar refractivity (Wildman–Crippen MR) is 136 cm³/mol. The van der Waals surface area contributed by atoms with Crippen molar-refractivity contribution in [1.82, 2.24) is 24.7 Å². The van der Waals surface area contributed by atoms with Crippen molar-refractivity contribution in [3.63, 3.8) is 0 Å². The van der Waals surface area contributed by atoms with E-state index < -0.39 is 0 Å². The summed E-state index contributed by atoms with van der Waals surface area (Å²) in [6.45, 7) is 9.70. The number of pyridine rings is 1. The lowest BCUT2D eigenvalue weighted by molar-refractivity contribution is 0.0774. The van der Waals surface area contributed by atoms with E-state index in [2.05, 4.69) is 41.3 Å². The maximum absolute atomic E-state index is 12.8. The van der Waals surface area contributed by atoms with Crippen LogP contribution in [0.15, 0.2) is 48.8 Å². The van der Waals surface area contributed by atoms with E-state index >= 15 is 0 Å². The molecule has 0 unspecified atom stereocenters. The highest BCUT2D eigenvalue weighted by molar-refractivity contribution is 5.93. The lowest BCUT2D eigenvalue weighted by Gasteiger charge is -2.42. The van der Waals surface area contributed by atoms with Crippen LogP contribution < -0.4 is 15.5 Å². The van der Waals surface area contributed by atoms with E-state index in [0.29, 0.717) is 18.9 Å². The van der Waals surface area contributed by atoms with Crippen LogP contribution >= 0.6 is 0 Å². The van der Waals surface area contributed by atoms with Crippen molar-refractivity contribution in [2.24, 2.45) is 0 Å². The molecule has 3 heterocycles. The molecule has 2 aromatic heterocycles. The Kier molecular flexibility index (Phi) is 6.47. The van der Waals surface area contributed by atoms with E-state index in [-0.39, 0.29) is 17.6 Å². The number of hydrogen-bond acceptors (Lipinski definition) is 5. The third-order valence-corrected chi connectivity index (χ3v) is 6.38. The number of benzene rings is 1. The molecule has 0 bridgehead atoms. The quantitative estimate of drug-likeness (QED) is 0.615. The Morgan fingerprint density at radius 1 is 0.971 bits per heavy atom. The molecule has 4 rings (SSSR count). The minimum atomic E-state index is -0.176. The van der Waals surface area contributed by atoms with Gasteiger partial charge in [0, 0.05) is 81.0 Å². The van der Waals surface area contributed by atoms with E-state index in [9.17, 15) is 9.59 Å². The fraction of sp³-hybridized carbons (Fsp3) is 0.400. The van der Waals surface area contributed by atoms with Gasteiger partial charge in [0.15, 0.2) is 0 Å². The molecule has 9 heteroatoms. The topological polar surface area (TPSA) is 85.7 Å².